The number of aromatic amines is 1. The van der Waals surface area contributed by atoms with Crippen molar-refractivity contribution in [1.29, 1.82) is 0 Å². The minimum atomic E-state index is -4.45. The van der Waals surface area contributed by atoms with E-state index in [1.165, 1.54) is 19.2 Å². The lowest BCUT2D eigenvalue weighted by molar-refractivity contribution is -0.136. The van der Waals surface area contributed by atoms with Gasteiger partial charge in [0.15, 0.2) is 5.69 Å². The Labute approximate surface area is 93.4 Å². The zero-order chi connectivity index (χ0) is 12.6. The van der Waals surface area contributed by atoms with Crippen LogP contribution < -0.4 is 0 Å². The van der Waals surface area contributed by atoms with Crippen LogP contribution in [0.2, 0.25) is 0 Å². The molecular weight excluding hydrogens is 237 g/mol. The quantitative estimate of drug-likeness (QED) is 0.783. The average molecular weight is 244 g/mol. The lowest BCUT2D eigenvalue weighted by Crippen LogP contribution is -2.05. The molecule has 0 aromatic carbocycles. The van der Waals surface area contributed by atoms with Gasteiger partial charge in [-0.3, -0.25) is 0 Å². The van der Waals surface area contributed by atoms with Gasteiger partial charge in [-0.25, -0.2) is 9.78 Å². The van der Waals surface area contributed by atoms with Gasteiger partial charge in [0.1, 0.15) is 5.65 Å². The normalized spacial score (nSPS) is 11.8. The van der Waals surface area contributed by atoms with E-state index in [-0.39, 0.29) is 16.7 Å². The number of carbonyl (C=O) groups excluding carboxylic acids is 1. The molecule has 2 aromatic heterocycles. The van der Waals surface area contributed by atoms with Crippen molar-refractivity contribution in [3.8, 4) is 0 Å². The van der Waals surface area contributed by atoms with Crippen LogP contribution in [0.1, 0.15) is 16.1 Å². The number of rotatable bonds is 1. The summed E-state index contributed by atoms with van der Waals surface area (Å²) >= 11 is 0. The molecule has 17 heavy (non-hydrogen) atoms. The van der Waals surface area contributed by atoms with E-state index in [4.69, 9.17) is 0 Å². The third-order valence-corrected chi connectivity index (χ3v) is 2.24. The summed E-state index contributed by atoms with van der Waals surface area (Å²) in [5, 5.41) is -0.0786. The summed E-state index contributed by atoms with van der Waals surface area (Å²) in [4.78, 5) is 17.3. The third-order valence-electron chi connectivity index (χ3n) is 2.24. The Balaban J connectivity index is 2.56. The molecule has 0 amide bonds. The van der Waals surface area contributed by atoms with E-state index in [0.29, 0.717) is 0 Å². The van der Waals surface area contributed by atoms with E-state index in [9.17, 15) is 18.0 Å². The van der Waals surface area contributed by atoms with E-state index in [1.54, 1.807) is 0 Å². The summed E-state index contributed by atoms with van der Waals surface area (Å²) in [6.45, 7) is 0. The zero-order valence-electron chi connectivity index (χ0n) is 8.63. The standard InChI is InChI=1S/C10H7F3N2O2/c1-17-9(16)7-3-2-5-6(10(11,12)13)4-14-8(5)15-7/h2-4H,1H3,(H,14,15). The molecule has 0 saturated heterocycles. The summed E-state index contributed by atoms with van der Waals surface area (Å²) in [5.41, 5.74) is -0.854. The number of carbonyl (C=O) groups is 1. The Morgan fingerprint density at radius 2 is 2.12 bits per heavy atom. The molecule has 2 aromatic rings. The summed E-state index contributed by atoms with van der Waals surface area (Å²) in [6, 6.07) is 2.38. The molecule has 0 unspecified atom stereocenters. The van der Waals surface area contributed by atoms with Crippen LogP contribution in [-0.4, -0.2) is 23.0 Å². The van der Waals surface area contributed by atoms with Crippen LogP contribution in [0.25, 0.3) is 11.0 Å². The van der Waals surface area contributed by atoms with Gasteiger partial charge in [-0.2, -0.15) is 13.2 Å². The van der Waals surface area contributed by atoms with Gasteiger partial charge in [0.2, 0.25) is 0 Å². The maximum Gasteiger partial charge on any atom is 0.418 e. The summed E-state index contributed by atoms with van der Waals surface area (Å²) in [5.74, 6) is -0.699. The summed E-state index contributed by atoms with van der Waals surface area (Å²) in [6.07, 6.45) is -3.63. The van der Waals surface area contributed by atoms with Crippen molar-refractivity contribution < 1.29 is 22.7 Å². The van der Waals surface area contributed by atoms with Crippen molar-refractivity contribution in [3.63, 3.8) is 0 Å². The van der Waals surface area contributed by atoms with Gasteiger partial charge >= 0.3 is 12.1 Å². The third kappa shape index (κ3) is 1.95. The van der Waals surface area contributed by atoms with Gasteiger partial charge in [-0.15, -0.1) is 0 Å². The minimum absolute atomic E-state index is 0.000208. The molecule has 4 nitrogen and oxygen atoms in total. The molecular formula is C10H7F3N2O2. The first-order valence-corrected chi connectivity index (χ1v) is 4.57. The van der Waals surface area contributed by atoms with Crippen LogP contribution in [0.5, 0.6) is 0 Å². The first-order valence-electron chi connectivity index (χ1n) is 4.57. The number of esters is 1. The van der Waals surface area contributed by atoms with Crippen LogP contribution in [0, 0.1) is 0 Å². The lowest BCUT2D eigenvalue weighted by Gasteiger charge is -2.03. The van der Waals surface area contributed by atoms with E-state index in [2.05, 4.69) is 14.7 Å². The average Bonchev–Trinajstić information content (AvgIpc) is 2.70. The van der Waals surface area contributed by atoms with Gasteiger partial charge in [0.25, 0.3) is 0 Å². The Morgan fingerprint density at radius 3 is 2.71 bits per heavy atom. The number of aromatic nitrogens is 2. The largest absolute Gasteiger partial charge is 0.464 e. The number of fused-ring (bicyclic) bond motifs is 1. The monoisotopic (exact) mass is 244 g/mol. The van der Waals surface area contributed by atoms with Gasteiger partial charge in [-0.1, -0.05) is 0 Å². The minimum Gasteiger partial charge on any atom is -0.464 e. The second-order valence-electron chi connectivity index (χ2n) is 3.28. The van der Waals surface area contributed by atoms with Crippen LogP contribution in [-0.2, 0) is 10.9 Å². The van der Waals surface area contributed by atoms with Crippen LogP contribution in [0.3, 0.4) is 0 Å². The fraction of sp³-hybridized carbons (Fsp3) is 0.200. The topological polar surface area (TPSA) is 55.0 Å². The molecule has 7 heteroatoms. The van der Waals surface area contributed by atoms with Crippen LogP contribution in [0.4, 0.5) is 13.2 Å². The van der Waals surface area contributed by atoms with Crippen molar-refractivity contribution >= 4 is 17.0 Å². The molecule has 0 bridgehead atoms. The van der Waals surface area contributed by atoms with Crippen molar-refractivity contribution in [2.24, 2.45) is 0 Å². The number of halogens is 3. The number of nitrogens with one attached hydrogen (secondary N) is 1. The van der Waals surface area contributed by atoms with Crippen molar-refractivity contribution in [2.45, 2.75) is 6.18 Å². The molecule has 0 aliphatic carbocycles. The molecule has 0 aliphatic heterocycles. The van der Waals surface area contributed by atoms with Crippen LogP contribution in [0.15, 0.2) is 18.3 Å². The number of methoxy groups -OCH3 is 1. The maximum atomic E-state index is 12.5. The molecule has 90 valence electrons. The van der Waals surface area contributed by atoms with Crippen molar-refractivity contribution in [2.75, 3.05) is 7.11 Å². The fourth-order valence-corrected chi connectivity index (χ4v) is 1.46. The second-order valence-corrected chi connectivity index (χ2v) is 3.28. The molecule has 1 N–H and O–H groups in total. The summed E-state index contributed by atoms with van der Waals surface area (Å²) < 4.78 is 42.0. The smallest absolute Gasteiger partial charge is 0.418 e. The first-order chi connectivity index (χ1) is 7.93. The number of alkyl halides is 3. The molecule has 0 atom stereocenters. The predicted molar refractivity (Wildman–Crippen MR) is 52.4 cm³/mol. The van der Waals surface area contributed by atoms with Gasteiger partial charge in [0.05, 0.1) is 12.7 Å². The maximum absolute atomic E-state index is 12.5. The molecule has 2 heterocycles. The van der Waals surface area contributed by atoms with Gasteiger partial charge < -0.3 is 9.72 Å². The highest BCUT2D eigenvalue weighted by Crippen LogP contribution is 2.34. The molecule has 0 spiro atoms. The second kappa shape index (κ2) is 3.76. The fourth-order valence-electron chi connectivity index (χ4n) is 1.46. The van der Waals surface area contributed by atoms with E-state index < -0.39 is 17.7 Å². The molecule has 0 fully saturated rings. The van der Waals surface area contributed by atoms with E-state index in [0.717, 1.165) is 6.20 Å². The number of H-pyrrole nitrogens is 1. The van der Waals surface area contributed by atoms with Gasteiger partial charge in [0, 0.05) is 11.6 Å². The number of pyridine rings is 1. The van der Waals surface area contributed by atoms with E-state index >= 15 is 0 Å². The highest BCUT2D eigenvalue weighted by molar-refractivity contribution is 5.91. The molecule has 0 aliphatic rings. The molecule has 0 radical (unpaired) electrons. The van der Waals surface area contributed by atoms with Gasteiger partial charge in [-0.05, 0) is 12.1 Å². The zero-order valence-corrected chi connectivity index (χ0v) is 8.63. The van der Waals surface area contributed by atoms with E-state index in [1.807, 2.05) is 0 Å². The first kappa shape index (κ1) is 11.4. The van der Waals surface area contributed by atoms with Crippen LogP contribution >= 0.6 is 0 Å². The Hall–Kier alpha value is -2.05. The predicted octanol–water partition coefficient (Wildman–Crippen LogP) is 2.37. The molecule has 2 rings (SSSR count). The van der Waals surface area contributed by atoms with Crippen molar-refractivity contribution in [3.05, 3.63) is 29.6 Å². The number of ether oxygens (including phenoxy) is 1. The Kier molecular flexibility index (Phi) is 2.53. The number of hydrogen-bond acceptors (Lipinski definition) is 3. The number of nitrogens with zero attached hydrogens (tertiary/aromatic N) is 1. The summed E-state index contributed by atoms with van der Waals surface area (Å²) in [7, 11) is 1.17. The Bertz CT molecular complexity index is 574. The highest BCUT2D eigenvalue weighted by atomic mass is 19.4. The highest BCUT2D eigenvalue weighted by Gasteiger charge is 2.33. The number of hydrogen-bond donors (Lipinski definition) is 1. The van der Waals surface area contributed by atoms with Crippen molar-refractivity contribution in [1.82, 2.24) is 9.97 Å². The molecule has 0 saturated carbocycles. The Morgan fingerprint density at radius 1 is 1.41 bits per heavy atom. The lowest BCUT2D eigenvalue weighted by atomic mass is 10.2. The SMILES string of the molecule is COC(=O)c1ccc2c(C(F)(F)F)c[nH]c2n1.